The van der Waals surface area contributed by atoms with Crippen LogP contribution in [0.2, 0.25) is 0 Å². The Morgan fingerprint density at radius 2 is 2.11 bits per heavy atom. The second kappa shape index (κ2) is 5.25. The molecule has 1 aliphatic carbocycles. The third kappa shape index (κ3) is 2.43. The number of anilines is 1. The fourth-order valence-electron chi connectivity index (χ4n) is 2.90. The first-order valence-corrected chi connectivity index (χ1v) is 8.00. The minimum Gasteiger partial charge on any atom is -0.355 e. The molecule has 0 N–H and O–H groups in total. The van der Waals surface area contributed by atoms with Crippen LogP contribution in [0.25, 0.3) is 10.2 Å². The average Bonchev–Trinajstić information content (AvgIpc) is 2.78. The summed E-state index contributed by atoms with van der Waals surface area (Å²) in [6.45, 7) is 2.11. The van der Waals surface area contributed by atoms with Crippen molar-refractivity contribution in [3.8, 4) is 0 Å². The fraction of sp³-hybridized carbons (Fsp3) is 0.571. The first-order chi connectivity index (χ1) is 9.16. The molecular weight excluding hydrogens is 278 g/mol. The van der Waals surface area contributed by atoms with Crippen molar-refractivity contribution in [3.05, 3.63) is 17.3 Å². The second-order valence-electron chi connectivity index (χ2n) is 5.25. The molecule has 0 radical (unpaired) electrons. The Morgan fingerprint density at radius 1 is 1.32 bits per heavy atom. The van der Waals surface area contributed by atoms with E-state index in [1.54, 1.807) is 17.7 Å². The summed E-state index contributed by atoms with van der Waals surface area (Å²) in [5, 5.41) is 1.38. The van der Waals surface area contributed by atoms with Crippen molar-refractivity contribution in [2.24, 2.45) is 0 Å². The van der Waals surface area contributed by atoms with Gasteiger partial charge in [-0.15, -0.1) is 22.9 Å². The second-order valence-corrected chi connectivity index (χ2v) is 7.05. The summed E-state index contributed by atoms with van der Waals surface area (Å²) in [6, 6.07) is 2.56. The van der Waals surface area contributed by atoms with E-state index in [4.69, 9.17) is 11.6 Å². The molecule has 3 rings (SSSR count). The summed E-state index contributed by atoms with van der Waals surface area (Å²) >= 11 is 8.22. The van der Waals surface area contributed by atoms with E-state index in [0.29, 0.717) is 6.04 Å². The Bertz CT molecular complexity index is 583. The molecule has 0 spiro atoms. The normalized spacial score (nSPS) is 23.7. The van der Waals surface area contributed by atoms with Gasteiger partial charge in [-0.1, -0.05) is 12.8 Å². The highest BCUT2D eigenvalue weighted by Crippen LogP contribution is 2.34. The van der Waals surface area contributed by atoms with Crippen molar-refractivity contribution < 1.29 is 0 Å². The highest BCUT2D eigenvalue weighted by Gasteiger charge is 2.28. The lowest BCUT2D eigenvalue weighted by Crippen LogP contribution is -2.41. The number of nitrogens with zero attached hydrogens (tertiary/aromatic N) is 3. The summed E-state index contributed by atoms with van der Waals surface area (Å²) in [5.74, 6) is 1.02. The van der Waals surface area contributed by atoms with Gasteiger partial charge < -0.3 is 4.90 Å². The largest absolute Gasteiger partial charge is 0.355 e. The van der Waals surface area contributed by atoms with Crippen LogP contribution < -0.4 is 4.90 Å². The van der Waals surface area contributed by atoms with Gasteiger partial charge in [-0.05, 0) is 25.8 Å². The van der Waals surface area contributed by atoms with E-state index < -0.39 is 0 Å². The van der Waals surface area contributed by atoms with Crippen LogP contribution in [0.5, 0.6) is 0 Å². The SMILES string of the molecule is Cc1cc2c(N(C)C3CCCCC3Cl)ncnc2s1. The molecule has 102 valence electrons. The summed E-state index contributed by atoms with van der Waals surface area (Å²) in [5.41, 5.74) is 0. The van der Waals surface area contributed by atoms with Crippen LogP contribution in [-0.4, -0.2) is 28.4 Å². The van der Waals surface area contributed by atoms with E-state index in [2.05, 4.69) is 34.9 Å². The summed E-state index contributed by atoms with van der Waals surface area (Å²) < 4.78 is 0. The van der Waals surface area contributed by atoms with Gasteiger partial charge in [0.2, 0.25) is 0 Å². The van der Waals surface area contributed by atoms with Crippen LogP contribution in [-0.2, 0) is 0 Å². The molecule has 1 saturated carbocycles. The molecule has 1 fully saturated rings. The standard InChI is InChI=1S/C14H18ClN3S/c1-9-7-10-13(16-8-17-14(10)19-9)18(2)12-6-4-3-5-11(12)15/h7-8,11-12H,3-6H2,1-2H3. The van der Waals surface area contributed by atoms with Gasteiger partial charge in [0.1, 0.15) is 17.0 Å². The number of rotatable bonds is 2. The van der Waals surface area contributed by atoms with Crippen LogP contribution >= 0.6 is 22.9 Å². The van der Waals surface area contributed by atoms with Crippen molar-refractivity contribution in [2.45, 2.75) is 44.0 Å². The third-order valence-electron chi connectivity index (χ3n) is 3.91. The molecular formula is C14H18ClN3S. The van der Waals surface area contributed by atoms with Gasteiger partial charge in [0, 0.05) is 18.0 Å². The number of hydrogen-bond acceptors (Lipinski definition) is 4. The summed E-state index contributed by atoms with van der Waals surface area (Å²) in [6.07, 6.45) is 6.42. The van der Waals surface area contributed by atoms with Crippen LogP contribution in [0, 0.1) is 6.92 Å². The van der Waals surface area contributed by atoms with Crippen molar-refractivity contribution in [1.29, 1.82) is 0 Å². The van der Waals surface area contributed by atoms with Gasteiger partial charge >= 0.3 is 0 Å². The molecule has 2 aromatic heterocycles. The topological polar surface area (TPSA) is 29.0 Å². The molecule has 0 saturated heterocycles. The zero-order valence-electron chi connectivity index (χ0n) is 11.3. The maximum Gasteiger partial charge on any atom is 0.140 e. The highest BCUT2D eigenvalue weighted by atomic mass is 35.5. The van der Waals surface area contributed by atoms with Crippen LogP contribution in [0.3, 0.4) is 0 Å². The zero-order chi connectivity index (χ0) is 13.4. The molecule has 2 atom stereocenters. The summed E-state index contributed by atoms with van der Waals surface area (Å²) in [4.78, 5) is 13.4. The van der Waals surface area contributed by atoms with Gasteiger partial charge in [0.15, 0.2) is 0 Å². The lowest BCUT2D eigenvalue weighted by molar-refractivity contribution is 0.433. The lowest BCUT2D eigenvalue weighted by Gasteiger charge is -2.35. The molecule has 2 aromatic rings. The molecule has 3 nitrogen and oxygen atoms in total. The van der Waals surface area contributed by atoms with Crippen LogP contribution in [0.4, 0.5) is 5.82 Å². The van der Waals surface area contributed by atoms with Gasteiger partial charge in [0.25, 0.3) is 0 Å². The van der Waals surface area contributed by atoms with Crippen LogP contribution in [0.15, 0.2) is 12.4 Å². The molecule has 0 aromatic carbocycles. The third-order valence-corrected chi connectivity index (χ3v) is 5.38. The number of aromatic nitrogens is 2. The molecule has 0 amide bonds. The van der Waals surface area contributed by atoms with Crippen molar-refractivity contribution >= 4 is 39.0 Å². The Morgan fingerprint density at radius 3 is 2.89 bits per heavy atom. The minimum atomic E-state index is 0.225. The molecule has 1 aliphatic rings. The molecule has 5 heteroatoms. The van der Waals surface area contributed by atoms with E-state index in [1.807, 2.05) is 0 Å². The molecule has 0 aliphatic heterocycles. The predicted molar refractivity (Wildman–Crippen MR) is 82.5 cm³/mol. The van der Waals surface area contributed by atoms with Gasteiger partial charge in [0.05, 0.1) is 10.8 Å². The van der Waals surface area contributed by atoms with Crippen LogP contribution in [0.1, 0.15) is 30.6 Å². The number of alkyl halides is 1. The van der Waals surface area contributed by atoms with Crippen molar-refractivity contribution in [1.82, 2.24) is 9.97 Å². The molecule has 2 heterocycles. The Kier molecular flexibility index (Phi) is 3.63. The number of aryl methyl sites for hydroxylation is 1. The Hall–Kier alpha value is -0.870. The van der Waals surface area contributed by atoms with E-state index in [9.17, 15) is 0 Å². The zero-order valence-corrected chi connectivity index (χ0v) is 12.8. The van der Waals surface area contributed by atoms with E-state index >= 15 is 0 Å². The smallest absolute Gasteiger partial charge is 0.140 e. The molecule has 19 heavy (non-hydrogen) atoms. The number of halogens is 1. The fourth-order valence-corrected chi connectivity index (χ4v) is 4.20. The number of thiophene rings is 1. The Balaban J connectivity index is 1.98. The maximum absolute atomic E-state index is 6.50. The van der Waals surface area contributed by atoms with Crippen molar-refractivity contribution in [3.63, 3.8) is 0 Å². The maximum atomic E-state index is 6.50. The number of fused-ring (bicyclic) bond motifs is 1. The van der Waals surface area contributed by atoms with E-state index in [1.165, 1.54) is 17.7 Å². The summed E-state index contributed by atoms with van der Waals surface area (Å²) in [7, 11) is 2.11. The van der Waals surface area contributed by atoms with E-state index in [0.717, 1.165) is 28.9 Å². The average molecular weight is 296 g/mol. The lowest BCUT2D eigenvalue weighted by atomic mass is 9.94. The van der Waals surface area contributed by atoms with Gasteiger partial charge in [-0.3, -0.25) is 0 Å². The van der Waals surface area contributed by atoms with Crippen molar-refractivity contribution in [2.75, 3.05) is 11.9 Å². The minimum absolute atomic E-state index is 0.225. The van der Waals surface area contributed by atoms with E-state index in [-0.39, 0.29) is 5.38 Å². The molecule has 0 bridgehead atoms. The van der Waals surface area contributed by atoms with Gasteiger partial charge in [-0.2, -0.15) is 0 Å². The quantitative estimate of drug-likeness (QED) is 0.785. The first kappa shape index (κ1) is 13.1. The number of hydrogen-bond donors (Lipinski definition) is 0. The highest BCUT2D eigenvalue weighted by molar-refractivity contribution is 7.18. The molecule has 2 unspecified atom stereocenters. The predicted octanol–water partition coefficient (Wildman–Crippen LogP) is 3.99. The first-order valence-electron chi connectivity index (χ1n) is 6.75. The monoisotopic (exact) mass is 295 g/mol. The van der Waals surface area contributed by atoms with Gasteiger partial charge in [-0.25, -0.2) is 9.97 Å². The Labute approximate surface area is 122 Å².